The van der Waals surface area contributed by atoms with Gasteiger partial charge in [0, 0.05) is 37.1 Å². The fourth-order valence-corrected chi connectivity index (χ4v) is 3.55. The maximum atomic E-state index is 13.0. The van der Waals surface area contributed by atoms with Gasteiger partial charge in [-0.1, -0.05) is 6.07 Å². The van der Waals surface area contributed by atoms with Crippen molar-refractivity contribution in [1.82, 2.24) is 15.0 Å². The fourth-order valence-electron chi connectivity index (χ4n) is 3.55. The number of aromatic nitrogens is 3. The van der Waals surface area contributed by atoms with Crippen LogP contribution in [0.2, 0.25) is 0 Å². The van der Waals surface area contributed by atoms with E-state index >= 15 is 0 Å². The van der Waals surface area contributed by atoms with Crippen LogP contribution < -0.4 is 15.1 Å². The maximum absolute atomic E-state index is 13.0. The van der Waals surface area contributed by atoms with E-state index in [0.717, 1.165) is 24.2 Å². The largest absolute Gasteiger partial charge is 0.347 e. The van der Waals surface area contributed by atoms with Crippen molar-refractivity contribution in [2.45, 2.75) is 12.6 Å². The van der Waals surface area contributed by atoms with Gasteiger partial charge in [-0.05, 0) is 30.3 Å². The SMILES string of the molecule is N#Cc1cncc(-c2ccc3c(n2)N(C(=O)Nc2ccccn2)[C@H]2CCN32)c1. The average molecular weight is 369 g/mol. The number of nitrogens with one attached hydrogen (secondary N) is 1. The molecule has 8 heteroatoms. The number of hydrogen-bond acceptors (Lipinski definition) is 6. The third-order valence-corrected chi connectivity index (χ3v) is 4.96. The van der Waals surface area contributed by atoms with Crippen LogP contribution >= 0.6 is 0 Å². The lowest BCUT2D eigenvalue weighted by Gasteiger charge is -2.39. The van der Waals surface area contributed by atoms with Crippen LogP contribution in [0.25, 0.3) is 11.3 Å². The number of pyridine rings is 3. The van der Waals surface area contributed by atoms with Crippen LogP contribution in [-0.2, 0) is 0 Å². The first kappa shape index (κ1) is 16.2. The standard InChI is InChI=1S/C20H15N7O/c21-10-13-9-14(12-22-11-13)15-4-5-16-19(24-15)27(18-6-8-26(16)18)20(28)25-17-3-1-2-7-23-17/h1-5,7,9,11-12,18H,6,8H2,(H,23,25,28)/t18-/m0/s1. The zero-order chi connectivity index (χ0) is 19.1. The molecule has 28 heavy (non-hydrogen) atoms. The summed E-state index contributed by atoms with van der Waals surface area (Å²) in [4.78, 5) is 29.8. The van der Waals surface area contributed by atoms with Gasteiger partial charge >= 0.3 is 6.03 Å². The van der Waals surface area contributed by atoms with E-state index in [1.807, 2.05) is 18.2 Å². The second-order valence-electron chi connectivity index (χ2n) is 6.59. The molecule has 0 spiro atoms. The number of nitrogens with zero attached hydrogens (tertiary/aromatic N) is 6. The van der Waals surface area contributed by atoms with Crippen LogP contribution in [0.3, 0.4) is 0 Å². The van der Waals surface area contributed by atoms with E-state index in [9.17, 15) is 4.79 Å². The summed E-state index contributed by atoms with van der Waals surface area (Å²) in [5.74, 6) is 1.10. The highest BCUT2D eigenvalue weighted by Gasteiger charge is 2.46. The smallest absolute Gasteiger partial charge is 0.330 e. The number of carbonyl (C=O) groups is 1. The highest BCUT2D eigenvalue weighted by atomic mass is 16.2. The predicted molar refractivity (Wildman–Crippen MR) is 104 cm³/mol. The second-order valence-corrected chi connectivity index (χ2v) is 6.59. The van der Waals surface area contributed by atoms with Crippen molar-refractivity contribution in [1.29, 1.82) is 5.26 Å². The number of urea groups is 1. The molecule has 2 aliphatic rings. The van der Waals surface area contributed by atoms with Crippen LogP contribution in [-0.4, -0.2) is 33.7 Å². The van der Waals surface area contributed by atoms with Gasteiger partial charge < -0.3 is 4.90 Å². The third kappa shape index (κ3) is 2.53. The van der Waals surface area contributed by atoms with Crippen molar-refractivity contribution in [2.24, 2.45) is 0 Å². The number of amides is 2. The Morgan fingerprint density at radius 2 is 2.18 bits per heavy atom. The van der Waals surface area contributed by atoms with Crippen molar-refractivity contribution in [3.8, 4) is 17.3 Å². The van der Waals surface area contributed by atoms with E-state index in [4.69, 9.17) is 10.2 Å². The van der Waals surface area contributed by atoms with E-state index < -0.39 is 0 Å². The van der Waals surface area contributed by atoms with E-state index in [-0.39, 0.29) is 12.2 Å². The van der Waals surface area contributed by atoms with E-state index in [1.165, 1.54) is 6.20 Å². The minimum absolute atomic E-state index is 0.0370. The second kappa shape index (κ2) is 6.32. The summed E-state index contributed by atoms with van der Waals surface area (Å²) in [7, 11) is 0. The molecule has 1 saturated heterocycles. The van der Waals surface area contributed by atoms with Crippen molar-refractivity contribution in [3.63, 3.8) is 0 Å². The molecule has 3 aromatic heterocycles. The highest BCUT2D eigenvalue weighted by molar-refractivity contribution is 6.06. The van der Waals surface area contributed by atoms with Gasteiger partial charge in [-0.25, -0.2) is 14.8 Å². The predicted octanol–water partition coefficient (Wildman–Crippen LogP) is 3.00. The molecule has 1 N–H and O–H groups in total. The molecule has 0 aliphatic carbocycles. The summed E-state index contributed by atoms with van der Waals surface area (Å²) in [5.41, 5.74) is 2.80. The molecular formula is C20H15N7O. The third-order valence-electron chi connectivity index (χ3n) is 4.96. The van der Waals surface area contributed by atoms with Crippen molar-refractivity contribution in [2.75, 3.05) is 21.7 Å². The van der Waals surface area contributed by atoms with Gasteiger partial charge in [-0.2, -0.15) is 5.26 Å². The number of anilines is 3. The number of nitriles is 1. The zero-order valence-corrected chi connectivity index (χ0v) is 14.8. The van der Waals surface area contributed by atoms with Crippen LogP contribution in [0.15, 0.2) is 55.0 Å². The van der Waals surface area contributed by atoms with Gasteiger partial charge in [0.2, 0.25) is 0 Å². The number of hydrogen-bond donors (Lipinski definition) is 1. The first-order valence-electron chi connectivity index (χ1n) is 8.89. The minimum atomic E-state index is -0.263. The Balaban J connectivity index is 1.52. The van der Waals surface area contributed by atoms with Crippen LogP contribution in [0.1, 0.15) is 12.0 Å². The van der Waals surface area contributed by atoms with Gasteiger partial charge in [0.15, 0.2) is 5.82 Å². The summed E-state index contributed by atoms with van der Waals surface area (Å²) in [6.45, 7) is 0.886. The van der Waals surface area contributed by atoms with Crippen LogP contribution in [0.4, 0.5) is 22.1 Å². The lowest BCUT2D eigenvalue weighted by atomic mass is 10.1. The summed E-state index contributed by atoms with van der Waals surface area (Å²) in [5, 5.41) is 12.0. The molecular weight excluding hydrogens is 354 g/mol. The Kier molecular flexibility index (Phi) is 3.66. The Hall–Kier alpha value is -3.99. The number of rotatable bonds is 2. The van der Waals surface area contributed by atoms with Gasteiger partial charge in [-0.15, -0.1) is 0 Å². The molecule has 136 valence electrons. The lowest BCUT2D eigenvalue weighted by molar-refractivity contribution is 0.252. The lowest BCUT2D eigenvalue weighted by Crippen LogP contribution is -2.56. The molecule has 0 saturated carbocycles. The maximum Gasteiger partial charge on any atom is 0.330 e. The zero-order valence-electron chi connectivity index (χ0n) is 14.8. The van der Waals surface area contributed by atoms with Crippen LogP contribution in [0.5, 0.6) is 0 Å². The monoisotopic (exact) mass is 369 g/mol. The molecule has 0 aromatic carbocycles. The Morgan fingerprint density at radius 1 is 1.25 bits per heavy atom. The molecule has 8 nitrogen and oxygen atoms in total. The Labute approximate surface area is 161 Å². The minimum Gasteiger partial charge on any atom is -0.347 e. The molecule has 3 aromatic rings. The fraction of sp³-hybridized carbons (Fsp3) is 0.150. The Bertz CT molecular complexity index is 1110. The molecule has 2 amide bonds. The normalized spacial score (nSPS) is 16.6. The molecule has 1 fully saturated rings. The molecule has 1 atom stereocenters. The van der Waals surface area contributed by atoms with E-state index in [0.29, 0.717) is 22.9 Å². The highest BCUT2D eigenvalue weighted by Crippen LogP contribution is 2.45. The van der Waals surface area contributed by atoms with Gasteiger partial charge in [0.05, 0.1) is 16.9 Å². The first-order valence-corrected chi connectivity index (χ1v) is 8.89. The average Bonchev–Trinajstić information content (AvgIpc) is 2.94. The van der Waals surface area contributed by atoms with Crippen LogP contribution in [0, 0.1) is 11.3 Å². The molecule has 5 heterocycles. The van der Waals surface area contributed by atoms with Crippen molar-refractivity contribution >= 4 is 23.4 Å². The molecule has 2 aliphatic heterocycles. The summed E-state index contributed by atoms with van der Waals surface area (Å²) < 4.78 is 0. The van der Waals surface area contributed by atoms with Crippen molar-refractivity contribution in [3.05, 3.63) is 60.6 Å². The summed E-state index contributed by atoms with van der Waals surface area (Å²) in [6.07, 6.45) is 5.65. The number of carbonyl (C=O) groups excluding carboxylic acids is 1. The Morgan fingerprint density at radius 3 is 2.93 bits per heavy atom. The molecule has 5 rings (SSSR count). The topological polar surface area (TPSA) is 98.0 Å². The molecule has 0 radical (unpaired) electrons. The van der Waals surface area contributed by atoms with Gasteiger partial charge in [0.1, 0.15) is 18.1 Å². The van der Waals surface area contributed by atoms with Gasteiger partial charge in [0.25, 0.3) is 0 Å². The van der Waals surface area contributed by atoms with E-state index in [2.05, 4.69) is 26.3 Å². The summed E-state index contributed by atoms with van der Waals surface area (Å²) >= 11 is 0. The molecule has 0 bridgehead atoms. The first-order chi connectivity index (χ1) is 13.7. The number of fused-ring (bicyclic) bond motifs is 3. The summed E-state index contributed by atoms with van der Waals surface area (Å²) in [6, 6.07) is 12.8. The van der Waals surface area contributed by atoms with Crippen molar-refractivity contribution < 1.29 is 4.79 Å². The molecule has 0 unspecified atom stereocenters. The van der Waals surface area contributed by atoms with Gasteiger partial charge in [-0.3, -0.25) is 15.2 Å². The van der Waals surface area contributed by atoms with E-state index in [1.54, 1.807) is 35.5 Å². The quantitative estimate of drug-likeness (QED) is 0.746.